The predicted octanol–water partition coefficient (Wildman–Crippen LogP) is 2.48. The number of sulfone groups is 1. The molecule has 24 heavy (non-hydrogen) atoms. The van der Waals surface area contributed by atoms with Gasteiger partial charge in [-0.15, -0.1) is 0 Å². The first-order valence-electron chi connectivity index (χ1n) is 7.70. The molecule has 1 unspecified atom stereocenters. The van der Waals surface area contributed by atoms with Gasteiger partial charge >= 0.3 is 0 Å². The summed E-state index contributed by atoms with van der Waals surface area (Å²) in [6, 6.07) is 13.8. The van der Waals surface area contributed by atoms with Crippen molar-refractivity contribution in [3.05, 3.63) is 59.7 Å². The molecule has 1 atom stereocenters. The molecule has 1 amide bonds. The molecule has 0 aromatic heterocycles. The fraction of sp³-hybridized carbons (Fsp3) is 0.278. The van der Waals surface area contributed by atoms with Gasteiger partial charge in [-0.2, -0.15) is 0 Å². The maximum Gasteiger partial charge on any atom is 0.220 e. The molecule has 0 saturated carbocycles. The number of aryl methyl sites for hydroxylation is 1. The van der Waals surface area contributed by atoms with Gasteiger partial charge in [-0.05, 0) is 42.7 Å². The van der Waals surface area contributed by atoms with E-state index in [2.05, 4.69) is 5.32 Å². The molecule has 0 heterocycles. The summed E-state index contributed by atoms with van der Waals surface area (Å²) in [5, 5.41) is 2.91. The van der Waals surface area contributed by atoms with Gasteiger partial charge in [0.05, 0.1) is 10.9 Å². The van der Waals surface area contributed by atoms with Crippen LogP contribution in [0.3, 0.4) is 0 Å². The minimum absolute atomic E-state index is 0.0713. The third-order valence-corrected chi connectivity index (χ3v) is 4.99. The van der Waals surface area contributed by atoms with Crippen LogP contribution in [0.5, 0.6) is 0 Å². The van der Waals surface area contributed by atoms with Gasteiger partial charge in [0.1, 0.15) is 0 Å². The number of nitrogens with two attached hydrogens (primary N) is 1. The number of nitrogen functional groups attached to an aromatic ring is 1. The van der Waals surface area contributed by atoms with E-state index in [1.165, 1.54) is 6.26 Å². The third kappa shape index (κ3) is 4.83. The molecular formula is C18H22N2O3S. The highest BCUT2D eigenvalue weighted by molar-refractivity contribution is 7.90. The van der Waals surface area contributed by atoms with Crippen LogP contribution >= 0.6 is 0 Å². The molecule has 0 radical (unpaired) electrons. The predicted molar refractivity (Wildman–Crippen MR) is 95.3 cm³/mol. The topological polar surface area (TPSA) is 89.3 Å². The van der Waals surface area contributed by atoms with E-state index in [0.29, 0.717) is 18.5 Å². The molecule has 0 fully saturated rings. The number of nitrogens with one attached hydrogen (secondary N) is 1. The summed E-state index contributed by atoms with van der Waals surface area (Å²) in [5.74, 6) is -0.0713. The van der Waals surface area contributed by atoms with E-state index in [1.807, 2.05) is 31.2 Å². The Hall–Kier alpha value is -2.34. The van der Waals surface area contributed by atoms with Gasteiger partial charge in [-0.25, -0.2) is 8.42 Å². The molecule has 0 bridgehead atoms. The zero-order valence-corrected chi connectivity index (χ0v) is 14.6. The number of para-hydroxylation sites is 1. The van der Waals surface area contributed by atoms with Crippen molar-refractivity contribution in [2.24, 2.45) is 0 Å². The zero-order chi connectivity index (χ0) is 17.7. The Morgan fingerprint density at radius 2 is 1.75 bits per heavy atom. The van der Waals surface area contributed by atoms with Crippen LogP contribution in [0.25, 0.3) is 0 Å². The normalized spacial score (nSPS) is 12.6. The number of rotatable bonds is 6. The molecule has 5 nitrogen and oxygen atoms in total. The quantitative estimate of drug-likeness (QED) is 0.787. The lowest BCUT2D eigenvalue weighted by Crippen LogP contribution is -2.26. The molecule has 2 rings (SSSR count). The summed E-state index contributed by atoms with van der Waals surface area (Å²) in [7, 11) is -3.21. The van der Waals surface area contributed by atoms with Crippen molar-refractivity contribution in [2.45, 2.75) is 30.7 Å². The molecule has 0 saturated heterocycles. The Labute approximate surface area is 142 Å². The van der Waals surface area contributed by atoms with Crippen LogP contribution in [0.1, 0.15) is 30.5 Å². The highest BCUT2D eigenvalue weighted by Gasteiger charge is 2.12. The van der Waals surface area contributed by atoms with Crippen molar-refractivity contribution in [2.75, 3.05) is 12.0 Å². The average molecular weight is 346 g/mol. The van der Waals surface area contributed by atoms with Crippen molar-refractivity contribution in [1.82, 2.24) is 5.32 Å². The van der Waals surface area contributed by atoms with Crippen LogP contribution in [0.15, 0.2) is 53.4 Å². The molecule has 2 aromatic carbocycles. The number of hydrogen-bond acceptors (Lipinski definition) is 4. The summed E-state index contributed by atoms with van der Waals surface area (Å²) in [6.45, 7) is 1.87. The maximum absolute atomic E-state index is 12.1. The van der Waals surface area contributed by atoms with Crippen LogP contribution in [-0.4, -0.2) is 20.6 Å². The molecule has 128 valence electrons. The van der Waals surface area contributed by atoms with Crippen molar-refractivity contribution >= 4 is 21.4 Å². The van der Waals surface area contributed by atoms with Crippen molar-refractivity contribution in [3.8, 4) is 0 Å². The summed E-state index contributed by atoms with van der Waals surface area (Å²) >= 11 is 0. The van der Waals surface area contributed by atoms with Gasteiger partial charge in [0.15, 0.2) is 9.84 Å². The van der Waals surface area contributed by atoms with E-state index in [-0.39, 0.29) is 16.8 Å². The zero-order valence-electron chi connectivity index (χ0n) is 13.8. The Morgan fingerprint density at radius 1 is 1.12 bits per heavy atom. The van der Waals surface area contributed by atoms with Crippen molar-refractivity contribution in [3.63, 3.8) is 0 Å². The van der Waals surface area contributed by atoms with Crippen LogP contribution < -0.4 is 11.1 Å². The molecule has 0 spiro atoms. The van der Waals surface area contributed by atoms with Crippen LogP contribution in [0.4, 0.5) is 5.69 Å². The largest absolute Gasteiger partial charge is 0.399 e. The van der Waals surface area contributed by atoms with Gasteiger partial charge in [-0.1, -0.05) is 30.3 Å². The standard InChI is InChI=1S/C18H22N2O3S/c1-13(14-7-10-16(11-8-14)24(2,22)23)20-18(21)12-9-15-5-3-4-6-17(15)19/h3-8,10-11,13H,9,12,19H2,1-2H3,(H,20,21). The lowest BCUT2D eigenvalue weighted by atomic mass is 10.1. The first-order valence-corrected chi connectivity index (χ1v) is 9.59. The third-order valence-electron chi connectivity index (χ3n) is 3.86. The van der Waals surface area contributed by atoms with Crippen LogP contribution in [0.2, 0.25) is 0 Å². The number of hydrogen-bond donors (Lipinski definition) is 2. The monoisotopic (exact) mass is 346 g/mol. The van der Waals surface area contributed by atoms with Gasteiger partial charge in [-0.3, -0.25) is 4.79 Å². The summed E-state index contributed by atoms with van der Waals surface area (Å²) < 4.78 is 22.9. The van der Waals surface area contributed by atoms with Crippen molar-refractivity contribution < 1.29 is 13.2 Å². The highest BCUT2D eigenvalue weighted by Crippen LogP contribution is 2.17. The van der Waals surface area contributed by atoms with Gasteiger partial charge in [0.25, 0.3) is 0 Å². The average Bonchev–Trinajstić information content (AvgIpc) is 2.53. The summed E-state index contributed by atoms with van der Waals surface area (Å²) in [5.41, 5.74) is 8.37. The number of amides is 1. The van der Waals surface area contributed by atoms with Gasteiger partial charge in [0, 0.05) is 18.4 Å². The minimum Gasteiger partial charge on any atom is -0.399 e. The van der Waals surface area contributed by atoms with E-state index in [0.717, 1.165) is 11.1 Å². The molecule has 0 aliphatic heterocycles. The fourth-order valence-corrected chi connectivity index (χ4v) is 3.04. The summed E-state index contributed by atoms with van der Waals surface area (Å²) in [6.07, 6.45) is 2.10. The lowest BCUT2D eigenvalue weighted by Gasteiger charge is -2.15. The molecule has 0 aliphatic carbocycles. The Kier molecular flexibility index (Phi) is 5.62. The Bertz CT molecular complexity index is 814. The summed E-state index contributed by atoms with van der Waals surface area (Å²) in [4.78, 5) is 12.4. The molecule has 2 aromatic rings. The Balaban J connectivity index is 1.93. The first-order chi connectivity index (χ1) is 11.3. The van der Waals surface area contributed by atoms with Gasteiger partial charge < -0.3 is 11.1 Å². The second kappa shape index (κ2) is 7.49. The second-order valence-corrected chi connectivity index (χ2v) is 7.84. The second-order valence-electron chi connectivity index (χ2n) is 5.83. The van der Waals surface area contributed by atoms with E-state index >= 15 is 0 Å². The Morgan fingerprint density at radius 3 is 2.33 bits per heavy atom. The fourth-order valence-electron chi connectivity index (χ4n) is 2.41. The smallest absolute Gasteiger partial charge is 0.220 e. The molecular weight excluding hydrogens is 324 g/mol. The molecule has 6 heteroatoms. The number of carbonyl (C=O) groups excluding carboxylic acids is 1. The van der Waals surface area contributed by atoms with E-state index in [9.17, 15) is 13.2 Å². The molecule has 0 aliphatic rings. The van der Waals surface area contributed by atoms with Gasteiger partial charge in [0.2, 0.25) is 5.91 Å². The lowest BCUT2D eigenvalue weighted by molar-refractivity contribution is -0.121. The SMILES string of the molecule is CC(NC(=O)CCc1ccccc1N)c1ccc(S(C)(=O)=O)cc1. The van der Waals surface area contributed by atoms with E-state index in [4.69, 9.17) is 5.73 Å². The number of carbonyl (C=O) groups is 1. The highest BCUT2D eigenvalue weighted by atomic mass is 32.2. The minimum atomic E-state index is -3.21. The van der Waals surface area contributed by atoms with Crippen molar-refractivity contribution in [1.29, 1.82) is 0 Å². The first kappa shape index (κ1) is 18.0. The van der Waals surface area contributed by atoms with Crippen LogP contribution in [0, 0.1) is 0 Å². The molecule has 3 N–H and O–H groups in total. The van der Waals surface area contributed by atoms with E-state index < -0.39 is 9.84 Å². The number of benzene rings is 2. The number of anilines is 1. The van der Waals surface area contributed by atoms with Crippen LogP contribution in [-0.2, 0) is 21.1 Å². The maximum atomic E-state index is 12.1. The van der Waals surface area contributed by atoms with E-state index in [1.54, 1.807) is 24.3 Å².